The fourth-order valence-corrected chi connectivity index (χ4v) is 2.63. The molecular formula is C14H22N4O2. The highest BCUT2D eigenvalue weighted by molar-refractivity contribution is 5.94. The van der Waals surface area contributed by atoms with E-state index in [2.05, 4.69) is 0 Å². The van der Waals surface area contributed by atoms with Gasteiger partial charge in [-0.2, -0.15) is 0 Å². The second-order valence-electron chi connectivity index (χ2n) is 5.63. The Morgan fingerprint density at radius 3 is 2.40 bits per heavy atom. The van der Waals surface area contributed by atoms with Crippen LogP contribution in [0.1, 0.15) is 43.2 Å². The molecule has 6 nitrogen and oxygen atoms in total. The van der Waals surface area contributed by atoms with Crippen LogP contribution in [-0.2, 0) is 4.79 Å². The van der Waals surface area contributed by atoms with E-state index in [-0.39, 0.29) is 23.8 Å². The molecule has 110 valence electrons. The maximum atomic E-state index is 12.5. The van der Waals surface area contributed by atoms with Gasteiger partial charge in [-0.1, -0.05) is 0 Å². The fraction of sp³-hybridized carbons (Fsp3) is 0.571. The van der Waals surface area contributed by atoms with Crippen LogP contribution in [0.5, 0.6) is 0 Å². The van der Waals surface area contributed by atoms with Gasteiger partial charge >= 0.3 is 0 Å². The molecule has 6 heteroatoms. The number of rotatable bonds is 3. The Hall–Kier alpha value is -1.98. The summed E-state index contributed by atoms with van der Waals surface area (Å²) >= 11 is 0. The molecular weight excluding hydrogens is 256 g/mol. The molecule has 2 heterocycles. The topological polar surface area (TPSA) is 94.3 Å². The molecule has 2 rings (SSSR count). The summed E-state index contributed by atoms with van der Waals surface area (Å²) in [7, 11) is 0. The average Bonchev–Trinajstić information content (AvgIpc) is 2.80. The summed E-state index contributed by atoms with van der Waals surface area (Å²) in [4.78, 5) is 25.5. The van der Waals surface area contributed by atoms with Crippen LogP contribution in [0.2, 0.25) is 0 Å². The van der Waals surface area contributed by atoms with Crippen LogP contribution in [0.15, 0.2) is 12.3 Å². The highest BCUT2D eigenvalue weighted by atomic mass is 16.2. The zero-order chi connectivity index (χ0) is 14.9. The summed E-state index contributed by atoms with van der Waals surface area (Å²) < 4.78 is 1.89. The number of nitrogens with zero attached hydrogens (tertiary/aromatic N) is 2. The van der Waals surface area contributed by atoms with E-state index in [0.29, 0.717) is 37.3 Å². The van der Waals surface area contributed by atoms with Gasteiger partial charge < -0.3 is 20.9 Å². The lowest BCUT2D eigenvalue weighted by Gasteiger charge is -2.31. The number of nitrogen functional groups attached to an aromatic ring is 1. The molecule has 0 saturated carbocycles. The van der Waals surface area contributed by atoms with E-state index in [0.717, 1.165) is 0 Å². The molecule has 0 bridgehead atoms. The molecule has 1 aliphatic heterocycles. The zero-order valence-corrected chi connectivity index (χ0v) is 12.0. The van der Waals surface area contributed by atoms with Crippen LogP contribution >= 0.6 is 0 Å². The van der Waals surface area contributed by atoms with Gasteiger partial charge in [0.2, 0.25) is 5.91 Å². The fourth-order valence-electron chi connectivity index (χ4n) is 2.63. The van der Waals surface area contributed by atoms with E-state index in [9.17, 15) is 9.59 Å². The molecule has 0 spiro atoms. The zero-order valence-electron chi connectivity index (χ0n) is 12.0. The monoisotopic (exact) mass is 278 g/mol. The van der Waals surface area contributed by atoms with E-state index in [1.165, 1.54) is 0 Å². The Morgan fingerprint density at radius 1 is 1.30 bits per heavy atom. The largest absolute Gasteiger partial charge is 0.397 e. The number of likely N-dealkylation sites (tertiary alicyclic amines) is 1. The molecule has 2 amide bonds. The maximum Gasteiger partial charge on any atom is 0.270 e. The number of hydrogen-bond acceptors (Lipinski definition) is 3. The lowest BCUT2D eigenvalue weighted by Crippen LogP contribution is -2.42. The van der Waals surface area contributed by atoms with Crippen molar-refractivity contribution < 1.29 is 9.59 Å². The van der Waals surface area contributed by atoms with Crippen molar-refractivity contribution in [2.24, 2.45) is 11.7 Å². The lowest BCUT2D eigenvalue weighted by molar-refractivity contribution is -0.123. The molecule has 0 atom stereocenters. The van der Waals surface area contributed by atoms with E-state index in [1.54, 1.807) is 17.2 Å². The average molecular weight is 278 g/mol. The first-order chi connectivity index (χ1) is 9.40. The molecule has 1 aliphatic rings. The minimum Gasteiger partial charge on any atom is -0.397 e. The number of piperidine rings is 1. The van der Waals surface area contributed by atoms with Gasteiger partial charge in [0.15, 0.2) is 0 Å². The number of nitrogens with two attached hydrogens (primary N) is 2. The van der Waals surface area contributed by atoms with E-state index in [4.69, 9.17) is 11.5 Å². The molecule has 0 aromatic carbocycles. The van der Waals surface area contributed by atoms with Gasteiger partial charge in [-0.25, -0.2) is 0 Å². The van der Waals surface area contributed by atoms with Crippen molar-refractivity contribution in [1.82, 2.24) is 9.47 Å². The third kappa shape index (κ3) is 2.79. The van der Waals surface area contributed by atoms with Gasteiger partial charge in [0.1, 0.15) is 5.69 Å². The van der Waals surface area contributed by atoms with Crippen LogP contribution in [-0.4, -0.2) is 34.4 Å². The molecule has 4 N–H and O–H groups in total. The van der Waals surface area contributed by atoms with Crippen molar-refractivity contribution in [3.05, 3.63) is 18.0 Å². The first-order valence-electron chi connectivity index (χ1n) is 6.96. The minimum absolute atomic E-state index is 0.0293. The summed E-state index contributed by atoms with van der Waals surface area (Å²) in [5, 5.41) is 0. The Morgan fingerprint density at radius 2 is 1.90 bits per heavy atom. The highest BCUT2D eigenvalue weighted by Crippen LogP contribution is 2.22. The quantitative estimate of drug-likeness (QED) is 0.863. The standard InChI is InChI=1S/C14H22N4O2/c1-9(2)18-8-11(15)7-12(18)14(20)17-5-3-10(4-6-17)13(16)19/h7-10H,3-6,15H2,1-2H3,(H2,16,19). The second kappa shape index (κ2) is 5.56. The summed E-state index contributed by atoms with van der Waals surface area (Å²) in [6.07, 6.45) is 3.06. The predicted octanol–water partition coefficient (Wildman–Crippen LogP) is 0.989. The SMILES string of the molecule is CC(C)n1cc(N)cc1C(=O)N1CCC(C(N)=O)CC1. The summed E-state index contributed by atoms with van der Waals surface area (Å²) in [6, 6.07) is 1.89. The van der Waals surface area contributed by atoms with E-state index >= 15 is 0 Å². The summed E-state index contributed by atoms with van der Waals surface area (Å²) in [5.74, 6) is -0.411. The van der Waals surface area contributed by atoms with Crippen molar-refractivity contribution in [1.29, 1.82) is 0 Å². The van der Waals surface area contributed by atoms with Crippen LogP contribution in [0, 0.1) is 5.92 Å². The number of anilines is 1. The third-order valence-electron chi connectivity index (χ3n) is 3.83. The van der Waals surface area contributed by atoms with Crippen molar-refractivity contribution >= 4 is 17.5 Å². The second-order valence-corrected chi connectivity index (χ2v) is 5.63. The molecule has 0 unspecified atom stereocenters. The number of carbonyl (C=O) groups is 2. The number of amides is 2. The van der Waals surface area contributed by atoms with Crippen molar-refractivity contribution in [3.8, 4) is 0 Å². The van der Waals surface area contributed by atoms with Gasteiger partial charge in [0.25, 0.3) is 5.91 Å². The smallest absolute Gasteiger partial charge is 0.270 e. The van der Waals surface area contributed by atoms with Crippen LogP contribution < -0.4 is 11.5 Å². The molecule has 1 saturated heterocycles. The van der Waals surface area contributed by atoms with Crippen LogP contribution in [0.4, 0.5) is 5.69 Å². The molecule has 20 heavy (non-hydrogen) atoms. The number of primary amides is 1. The van der Waals surface area contributed by atoms with Gasteiger partial charge in [-0.3, -0.25) is 9.59 Å². The molecule has 1 fully saturated rings. The number of aromatic nitrogens is 1. The Labute approximate surface area is 118 Å². The van der Waals surface area contributed by atoms with Crippen molar-refractivity contribution in [3.63, 3.8) is 0 Å². The lowest BCUT2D eigenvalue weighted by atomic mass is 9.96. The predicted molar refractivity (Wildman–Crippen MR) is 77.1 cm³/mol. The Balaban J connectivity index is 2.11. The third-order valence-corrected chi connectivity index (χ3v) is 3.83. The molecule has 1 aromatic rings. The normalized spacial score (nSPS) is 16.6. The molecule has 0 aliphatic carbocycles. The van der Waals surface area contributed by atoms with E-state index < -0.39 is 0 Å². The highest BCUT2D eigenvalue weighted by Gasteiger charge is 2.28. The first-order valence-corrected chi connectivity index (χ1v) is 6.96. The molecule has 1 aromatic heterocycles. The number of hydrogen-bond donors (Lipinski definition) is 2. The van der Waals surface area contributed by atoms with Crippen LogP contribution in [0.3, 0.4) is 0 Å². The Kier molecular flexibility index (Phi) is 4.01. The van der Waals surface area contributed by atoms with Crippen LogP contribution in [0.25, 0.3) is 0 Å². The van der Waals surface area contributed by atoms with E-state index in [1.807, 2.05) is 18.4 Å². The van der Waals surface area contributed by atoms with Crippen molar-refractivity contribution in [2.45, 2.75) is 32.7 Å². The van der Waals surface area contributed by atoms with Gasteiger partial charge in [-0.15, -0.1) is 0 Å². The van der Waals surface area contributed by atoms with Gasteiger partial charge in [0, 0.05) is 31.2 Å². The maximum absolute atomic E-state index is 12.5. The number of carbonyl (C=O) groups excluding carboxylic acids is 2. The molecule has 0 radical (unpaired) electrons. The van der Waals surface area contributed by atoms with Gasteiger partial charge in [-0.05, 0) is 32.8 Å². The minimum atomic E-state index is -0.271. The van der Waals surface area contributed by atoms with Gasteiger partial charge in [0.05, 0.1) is 5.69 Å². The Bertz CT molecular complexity index is 513. The summed E-state index contributed by atoms with van der Waals surface area (Å²) in [5.41, 5.74) is 12.3. The first kappa shape index (κ1) is 14.4. The van der Waals surface area contributed by atoms with Crippen molar-refractivity contribution in [2.75, 3.05) is 18.8 Å². The summed E-state index contributed by atoms with van der Waals surface area (Å²) in [6.45, 7) is 5.15.